The normalized spacial score (nSPS) is 16.8. The Balaban J connectivity index is 1.81. The monoisotopic (exact) mass is 424 g/mol. The standard InChI is InChI=1S/C21H36N4O3S/c1-17-7-8-18(2)19(15-17)29(26,27)25-13-12-23-20(22-3)24-16-21(11-14-28-4)9-5-6-10-21/h7-8,15,25H,5-6,9-14,16H2,1-4H3,(H2,22,23,24). The number of methoxy groups -OCH3 is 1. The second-order valence-electron chi connectivity index (χ2n) is 7.97. The Morgan fingerprint density at radius 1 is 1.17 bits per heavy atom. The highest BCUT2D eigenvalue weighted by atomic mass is 32.2. The molecule has 1 fully saturated rings. The van der Waals surface area contributed by atoms with E-state index in [0.717, 1.165) is 30.7 Å². The Morgan fingerprint density at radius 2 is 1.90 bits per heavy atom. The van der Waals surface area contributed by atoms with E-state index in [1.54, 1.807) is 27.1 Å². The zero-order valence-corrected chi connectivity index (χ0v) is 19.0. The summed E-state index contributed by atoms with van der Waals surface area (Å²) in [7, 11) is -0.0536. The van der Waals surface area contributed by atoms with Crippen molar-refractivity contribution in [3.05, 3.63) is 29.3 Å². The van der Waals surface area contributed by atoms with E-state index >= 15 is 0 Å². The van der Waals surface area contributed by atoms with Crippen LogP contribution in [0.5, 0.6) is 0 Å². The smallest absolute Gasteiger partial charge is 0.240 e. The zero-order chi connectivity index (χ0) is 21.3. The van der Waals surface area contributed by atoms with Crippen molar-refractivity contribution in [1.29, 1.82) is 0 Å². The van der Waals surface area contributed by atoms with Crippen LogP contribution < -0.4 is 15.4 Å². The molecule has 0 unspecified atom stereocenters. The molecule has 0 amide bonds. The summed E-state index contributed by atoms with van der Waals surface area (Å²) in [4.78, 5) is 4.60. The minimum Gasteiger partial charge on any atom is -0.385 e. The fourth-order valence-corrected chi connectivity index (χ4v) is 5.25. The summed E-state index contributed by atoms with van der Waals surface area (Å²) in [6.45, 7) is 6.05. The van der Waals surface area contributed by atoms with Crippen molar-refractivity contribution >= 4 is 16.0 Å². The maximum absolute atomic E-state index is 12.6. The van der Waals surface area contributed by atoms with Crippen molar-refractivity contribution in [2.45, 2.75) is 50.8 Å². The quantitative estimate of drug-likeness (QED) is 0.305. The minimum absolute atomic E-state index is 0.262. The van der Waals surface area contributed by atoms with Gasteiger partial charge in [-0.15, -0.1) is 0 Å². The van der Waals surface area contributed by atoms with Crippen molar-refractivity contribution in [1.82, 2.24) is 15.4 Å². The van der Waals surface area contributed by atoms with Gasteiger partial charge in [0.2, 0.25) is 10.0 Å². The molecular weight excluding hydrogens is 388 g/mol. The van der Waals surface area contributed by atoms with Crippen molar-refractivity contribution in [2.75, 3.05) is 40.4 Å². The summed E-state index contributed by atoms with van der Waals surface area (Å²) < 4.78 is 33.1. The molecule has 1 aromatic carbocycles. The van der Waals surface area contributed by atoms with Crippen LogP contribution >= 0.6 is 0 Å². The first-order valence-electron chi connectivity index (χ1n) is 10.3. The lowest BCUT2D eigenvalue weighted by atomic mass is 9.83. The van der Waals surface area contributed by atoms with Gasteiger partial charge in [0.15, 0.2) is 5.96 Å². The number of aliphatic imine (C=N–C) groups is 1. The number of benzene rings is 1. The third-order valence-electron chi connectivity index (χ3n) is 5.70. The van der Waals surface area contributed by atoms with Gasteiger partial charge in [0, 0.05) is 40.4 Å². The van der Waals surface area contributed by atoms with Gasteiger partial charge in [0.05, 0.1) is 4.90 Å². The Hall–Kier alpha value is -1.64. The lowest BCUT2D eigenvalue weighted by molar-refractivity contribution is 0.138. The van der Waals surface area contributed by atoms with Crippen molar-refractivity contribution in [3.63, 3.8) is 0 Å². The maximum Gasteiger partial charge on any atom is 0.240 e. The zero-order valence-electron chi connectivity index (χ0n) is 18.2. The molecule has 0 bridgehead atoms. The van der Waals surface area contributed by atoms with Crippen LogP contribution in [0.25, 0.3) is 0 Å². The maximum atomic E-state index is 12.6. The molecule has 0 aliphatic heterocycles. The molecule has 0 saturated heterocycles. The van der Waals surface area contributed by atoms with Gasteiger partial charge in [-0.25, -0.2) is 13.1 Å². The highest BCUT2D eigenvalue weighted by Crippen LogP contribution is 2.40. The predicted octanol–water partition coefficient (Wildman–Crippen LogP) is 2.34. The minimum atomic E-state index is -3.53. The molecule has 1 aromatic rings. The molecule has 1 saturated carbocycles. The van der Waals surface area contributed by atoms with E-state index in [1.165, 1.54) is 25.7 Å². The van der Waals surface area contributed by atoms with E-state index < -0.39 is 10.0 Å². The molecule has 1 aliphatic carbocycles. The molecular formula is C21H36N4O3S. The first-order valence-corrected chi connectivity index (χ1v) is 11.8. The fraction of sp³-hybridized carbons (Fsp3) is 0.667. The van der Waals surface area contributed by atoms with E-state index in [4.69, 9.17) is 4.74 Å². The molecule has 1 aliphatic rings. The van der Waals surface area contributed by atoms with Crippen molar-refractivity contribution in [2.24, 2.45) is 10.4 Å². The largest absolute Gasteiger partial charge is 0.385 e. The number of hydrogen-bond donors (Lipinski definition) is 3. The van der Waals surface area contributed by atoms with E-state index in [2.05, 4.69) is 20.3 Å². The fourth-order valence-electron chi connectivity index (χ4n) is 3.89. The average molecular weight is 425 g/mol. The molecule has 8 heteroatoms. The van der Waals surface area contributed by atoms with Crippen molar-refractivity contribution < 1.29 is 13.2 Å². The number of nitrogens with one attached hydrogen (secondary N) is 3. The van der Waals surface area contributed by atoms with Gasteiger partial charge in [-0.3, -0.25) is 4.99 Å². The van der Waals surface area contributed by atoms with Crippen molar-refractivity contribution in [3.8, 4) is 0 Å². The van der Waals surface area contributed by atoms with Gasteiger partial charge < -0.3 is 15.4 Å². The summed E-state index contributed by atoms with van der Waals surface area (Å²) in [5, 5.41) is 6.61. The number of rotatable bonds is 10. The number of ether oxygens (including phenoxy) is 1. The summed E-state index contributed by atoms with van der Waals surface area (Å²) >= 11 is 0. The number of guanidine groups is 1. The second-order valence-corrected chi connectivity index (χ2v) is 9.70. The van der Waals surface area contributed by atoms with Gasteiger partial charge in [-0.2, -0.15) is 0 Å². The van der Waals surface area contributed by atoms with E-state index in [1.807, 2.05) is 19.1 Å². The van der Waals surface area contributed by atoms with Gasteiger partial charge >= 0.3 is 0 Å². The Labute approximate surface area is 175 Å². The number of hydrogen-bond acceptors (Lipinski definition) is 4. The molecule has 0 spiro atoms. The topological polar surface area (TPSA) is 91.8 Å². The lowest BCUT2D eigenvalue weighted by Crippen LogP contribution is -2.45. The molecule has 164 valence electrons. The molecule has 2 rings (SSSR count). The van der Waals surface area contributed by atoms with Crippen LogP contribution in [-0.2, 0) is 14.8 Å². The Morgan fingerprint density at radius 3 is 2.55 bits per heavy atom. The molecule has 0 aromatic heterocycles. The van der Waals surface area contributed by atoms with Crippen LogP contribution in [0.15, 0.2) is 28.1 Å². The lowest BCUT2D eigenvalue weighted by Gasteiger charge is -2.30. The first-order chi connectivity index (χ1) is 13.8. The van der Waals surface area contributed by atoms with Crippen LogP contribution in [-0.4, -0.2) is 54.8 Å². The van der Waals surface area contributed by atoms with Crippen LogP contribution in [0.3, 0.4) is 0 Å². The third kappa shape index (κ3) is 6.97. The van der Waals surface area contributed by atoms with E-state index in [0.29, 0.717) is 17.4 Å². The molecule has 0 heterocycles. The Kier molecular flexibility index (Phi) is 8.92. The highest BCUT2D eigenvalue weighted by molar-refractivity contribution is 7.89. The third-order valence-corrected chi connectivity index (χ3v) is 7.30. The SMILES string of the molecule is CN=C(NCCNS(=O)(=O)c1cc(C)ccc1C)NCC1(CCOC)CCCC1. The van der Waals surface area contributed by atoms with Gasteiger partial charge in [-0.05, 0) is 55.7 Å². The number of sulfonamides is 1. The van der Waals surface area contributed by atoms with Crippen LogP contribution in [0.4, 0.5) is 0 Å². The molecule has 3 N–H and O–H groups in total. The van der Waals surface area contributed by atoms with Crippen LogP contribution in [0.2, 0.25) is 0 Å². The molecule has 29 heavy (non-hydrogen) atoms. The van der Waals surface area contributed by atoms with Gasteiger partial charge in [0.1, 0.15) is 0 Å². The summed E-state index contributed by atoms with van der Waals surface area (Å²) in [6, 6.07) is 5.44. The van der Waals surface area contributed by atoms with Crippen LogP contribution in [0, 0.1) is 19.3 Å². The Bertz CT molecular complexity index is 787. The first kappa shape index (κ1) is 23.6. The highest BCUT2D eigenvalue weighted by Gasteiger charge is 2.33. The average Bonchev–Trinajstić information content (AvgIpc) is 3.16. The van der Waals surface area contributed by atoms with Gasteiger partial charge in [0.25, 0.3) is 0 Å². The molecule has 0 atom stereocenters. The predicted molar refractivity (Wildman–Crippen MR) is 118 cm³/mol. The van der Waals surface area contributed by atoms with E-state index in [9.17, 15) is 8.42 Å². The second kappa shape index (κ2) is 10.9. The molecule has 7 nitrogen and oxygen atoms in total. The summed E-state index contributed by atoms with van der Waals surface area (Å²) in [5.74, 6) is 0.694. The van der Waals surface area contributed by atoms with Crippen LogP contribution in [0.1, 0.15) is 43.2 Å². The summed E-state index contributed by atoms with van der Waals surface area (Å²) in [6.07, 6.45) is 5.98. The van der Waals surface area contributed by atoms with Gasteiger partial charge in [-0.1, -0.05) is 25.0 Å². The molecule has 0 radical (unpaired) electrons. The van der Waals surface area contributed by atoms with E-state index in [-0.39, 0.29) is 12.0 Å². The number of nitrogens with zero attached hydrogens (tertiary/aromatic N) is 1. The summed E-state index contributed by atoms with van der Waals surface area (Å²) in [5.41, 5.74) is 1.93. The number of aryl methyl sites for hydroxylation is 2.